The number of rotatable bonds is 5. The fraction of sp³-hybridized carbons (Fsp3) is 0.0588. The lowest BCUT2D eigenvalue weighted by Crippen LogP contribution is -1.94. The van der Waals surface area contributed by atoms with Gasteiger partial charge in [-0.2, -0.15) is 5.10 Å². The van der Waals surface area contributed by atoms with Crippen molar-refractivity contribution in [2.24, 2.45) is 5.10 Å². The van der Waals surface area contributed by atoms with Gasteiger partial charge < -0.3 is 4.74 Å². The molecular weight excluding hydrogens is 445 g/mol. The largest absolute Gasteiger partial charge is 0.496 e. The Morgan fingerprint density at radius 2 is 2.08 bits per heavy atom. The molecule has 0 atom stereocenters. The minimum Gasteiger partial charge on any atom is -0.496 e. The third kappa shape index (κ3) is 4.52. The van der Waals surface area contributed by atoms with Crippen molar-refractivity contribution in [1.29, 1.82) is 0 Å². The summed E-state index contributed by atoms with van der Waals surface area (Å²) in [7, 11) is 1.62. The molecule has 8 heteroatoms. The average Bonchev–Trinajstić information content (AvgIpc) is 3.03. The molecule has 3 rings (SSSR count). The summed E-state index contributed by atoms with van der Waals surface area (Å²) in [4.78, 5) is 4.49. The second-order valence-electron chi connectivity index (χ2n) is 4.92. The molecule has 0 unspecified atom stereocenters. The number of hydrazone groups is 1. The number of halogens is 3. The van der Waals surface area contributed by atoms with E-state index in [9.17, 15) is 0 Å². The molecule has 0 aliphatic rings. The van der Waals surface area contributed by atoms with Crippen molar-refractivity contribution in [3.05, 3.63) is 61.9 Å². The van der Waals surface area contributed by atoms with Gasteiger partial charge in [-0.25, -0.2) is 4.98 Å². The van der Waals surface area contributed by atoms with Crippen LogP contribution in [0.15, 0.2) is 51.4 Å². The number of hydrogen-bond donors (Lipinski definition) is 1. The molecule has 2 aromatic carbocycles. The van der Waals surface area contributed by atoms with Crippen LogP contribution in [0.3, 0.4) is 0 Å². The molecule has 1 N–H and O–H groups in total. The molecule has 0 bridgehead atoms. The normalized spacial score (nSPS) is 11.0. The van der Waals surface area contributed by atoms with Gasteiger partial charge in [-0.05, 0) is 36.4 Å². The van der Waals surface area contributed by atoms with Crippen molar-refractivity contribution >= 4 is 61.8 Å². The van der Waals surface area contributed by atoms with E-state index in [1.807, 2.05) is 29.6 Å². The highest BCUT2D eigenvalue weighted by molar-refractivity contribution is 9.10. The Hall–Kier alpha value is -1.60. The summed E-state index contributed by atoms with van der Waals surface area (Å²) in [6, 6.07) is 11.0. The Balaban J connectivity index is 1.75. The predicted molar refractivity (Wildman–Crippen MR) is 109 cm³/mol. The van der Waals surface area contributed by atoms with E-state index in [4.69, 9.17) is 27.9 Å². The van der Waals surface area contributed by atoms with Gasteiger partial charge in [0.1, 0.15) is 5.75 Å². The molecule has 0 aliphatic heterocycles. The van der Waals surface area contributed by atoms with E-state index in [1.165, 1.54) is 11.3 Å². The zero-order chi connectivity index (χ0) is 17.8. The Bertz CT molecular complexity index is 930. The van der Waals surface area contributed by atoms with Crippen LogP contribution in [-0.4, -0.2) is 18.3 Å². The Labute approximate surface area is 167 Å². The molecule has 128 valence electrons. The van der Waals surface area contributed by atoms with E-state index in [2.05, 4.69) is 31.4 Å². The third-order valence-corrected chi connectivity index (χ3v) is 5.05. The van der Waals surface area contributed by atoms with Crippen LogP contribution in [0.4, 0.5) is 5.13 Å². The summed E-state index contributed by atoms with van der Waals surface area (Å²) >= 11 is 17.0. The van der Waals surface area contributed by atoms with Crippen molar-refractivity contribution in [2.75, 3.05) is 12.5 Å². The van der Waals surface area contributed by atoms with Crippen molar-refractivity contribution in [2.45, 2.75) is 0 Å². The number of nitrogens with one attached hydrogen (secondary N) is 1. The lowest BCUT2D eigenvalue weighted by Gasteiger charge is -2.04. The molecule has 0 amide bonds. The van der Waals surface area contributed by atoms with Crippen LogP contribution in [0.1, 0.15) is 5.56 Å². The fourth-order valence-corrected chi connectivity index (χ4v) is 3.65. The summed E-state index contributed by atoms with van der Waals surface area (Å²) in [5, 5.41) is 7.95. The maximum Gasteiger partial charge on any atom is 0.203 e. The van der Waals surface area contributed by atoms with Crippen LogP contribution in [0.2, 0.25) is 10.0 Å². The Morgan fingerprint density at radius 1 is 1.24 bits per heavy atom. The molecule has 25 heavy (non-hydrogen) atoms. The van der Waals surface area contributed by atoms with Crippen LogP contribution >= 0.6 is 50.5 Å². The van der Waals surface area contributed by atoms with E-state index < -0.39 is 0 Å². The molecule has 4 nitrogen and oxygen atoms in total. The molecule has 0 radical (unpaired) electrons. The minimum atomic E-state index is 0.562. The average molecular weight is 457 g/mol. The monoisotopic (exact) mass is 455 g/mol. The summed E-state index contributed by atoms with van der Waals surface area (Å²) in [5.41, 5.74) is 5.37. The summed E-state index contributed by atoms with van der Waals surface area (Å²) in [6.07, 6.45) is 1.68. The van der Waals surface area contributed by atoms with E-state index in [0.29, 0.717) is 15.2 Å². The van der Waals surface area contributed by atoms with Crippen molar-refractivity contribution in [1.82, 2.24) is 4.98 Å². The molecule has 0 aliphatic carbocycles. The van der Waals surface area contributed by atoms with Crippen molar-refractivity contribution in [3.63, 3.8) is 0 Å². The van der Waals surface area contributed by atoms with Crippen LogP contribution in [0.5, 0.6) is 5.75 Å². The molecule has 0 spiro atoms. The van der Waals surface area contributed by atoms with E-state index in [1.54, 1.807) is 25.5 Å². The first-order valence-electron chi connectivity index (χ1n) is 7.10. The predicted octanol–water partition coefficient (Wildman–Crippen LogP) is 6.33. The topological polar surface area (TPSA) is 46.5 Å². The van der Waals surface area contributed by atoms with E-state index in [-0.39, 0.29) is 0 Å². The van der Waals surface area contributed by atoms with Gasteiger partial charge in [0, 0.05) is 26.0 Å². The third-order valence-electron chi connectivity index (χ3n) is 3.27. The van der Waals surface area contributed by atoms with E-state index in [0.717, 1.165) is 27.0 Å². The first-order chi connectivity index (χ1) is 12.1. The smallest absolute Gasteiger partial charge is 0.203 e. The number of hydrogen-bond acceptors (Lipinski definition) is 5. The lowest BCUT2D eigenvalue weighted by atomic mass is 10.2. The number of thiazole rings is 1. The summed E-state index contributed by atoms with van der Waals surface area (Å²) < 4.78 is 6.26. The SMILES string of the molecule is COc1ccc(Br)cc1/C=N\Nc1nc(-c2ccc(Cl)cc2Cl)cs1. The van der Waals surface area contributed by atoms with Gasteiger partial charge in [0.2, 0.25) is 5.13 Å². The second-order valence-corrected chi connectivity index (χ2v) is 7.54. The van der Waals surface area contributed by atoms with Crippen molar-refractivity contribution < 1.29 is 4.74 Å². The Kier molecular flexibility index (Phi) is 5.96. The number of anilines is 1. The van der Waals surface area contributed by atoms with Gasteiger partial charge >= 0.3 is 0 Å². The number of aromatic nitrogens is 1. The molecule has 1 heterocycles. The molecule has 1 aromatic heterocycles. The summed E-state index contributed by atoms with van der Waals surface area (Å²) in [5.74, 6) is 0.738. The molecule has 0 fully saturated rings. The van der Waals surface area contributed by atoms with Gasteiger partial charge in [-0.1, -0.05) is 39.1 Å². The highest BCUT2D eigenvalue weighted by Crippen LogP contribution is 2.32. The van der Waals surface area contributed by atoms with Gasteiger partial charge in [0.25, 0.3) is 0 Å². The highest BCUT2D eigenvalue weighted by atomic mass is 79.9. The maximum atomic E-state index is 6.22. The fourth-order valence-electron chi connectivity index (χ4n) is 2.11. The maximum absolute atomic E-state index is 6.22. The van der Waals surface area contributed by atoms with Gasteiger partial charge in [0.15, 0.2) is 0 Å². The molecular formula is C17H12BrCl2N3OS. The van der Waals surface area contributed by atoms with Crippen LogP contribution in [-0.2, 0) is 0 Å². The molecule has 3 aromatic rings. The van der Waals surface area contributed by atoms with Crippen LogP contribution in [0, 0.1) is 0 Å². The zero-order valence-corrected chi connectivity index (χ0v) is 16.9. The Morgan fingerprint density at radius 3 is 2.84 bits per heavy atom. The molecule has 0 saturated carbocycles. The van der Waals surface area contributed by atoms with Crippen LogP contribution < -0.4 is 10.2 Å². The van der Waals surface area contributed by atoms with E-state index >= 15 is 0 Å². The number of methoxy groups -OCH3 is 1. The summed E-state index contributed by atoms with van der Waals surface area (Å²) in [6.45, 7) is 0. The number of ether oxygens (including phenoxy) is 1. The molecule has 0 saturated heterocycles. The quantitative estimate of drug-likeness (QED) is 0.360. The number of nitrogens with zero attached hydrogens (tertiary/aromatic N) is 2. The zero-order valence-electron chi connectivity index (χ0n) is 13.0. The van der Waals surface area contributed by atoms with Crippen molar-refractivity contribution in [3.8, 4) is 17.0 Å². The minimum absolute atomic E-state index is 0.562. The van der Waals surface area contributed by atoms with Crippen LogP contribution in [0.25, 0.3) is 11.3 Å². The lowest BCUT2D eigenvalue weighted by molar-refractivity contribution is 0.414. The first kappa shape index (κ1) is 18.2. The van der Waals surface area contributed by atoms with Gasteiger partial charge in [-0.3, -0.25) is 5.43 Å². The number of benzene rings is 2. The van der Waals surface area contributed by atoms with Gasteiger partial charge in [-0.15, -0.1) is 11.3 Å². The van der Waals surface area contributed by atoms with Gasteiger partial charge in [0.05, 0.1) is 24.0 Å². The standard InChI is InChI=1S/C17H12BrCl2N3OS/c1-24-16-5-2-11(18)6-10(16)8-21-23-17-22-15(9-25-17)13-4-3-12(19)7-14(13)20/h2-9H,1H3,(H,22,23)/b21-8-. The second kappa shape index (κ2) is 8.19. The highest BCUT2D eigenvalue weighted by Gasteiger charge is 2.08. The first-order valence-corrected chi connectivity index (χ1v) is 9.53.